The average Bonchev–Trinajstić information content (AvgIpc) is 3.10. The first kappa shape index (κ1) is 17.6. The Morgan fingerprint density at radius 3 is 2.56 bits per heavy atom. The standard InChI is InChI=1S/C22H21NO3S/c1-27(24,25)21-10-11-22-18(14-21)12-13-23(22)19-8-5-9-20(15-19)26-16-17-6-3-2-4-7-17/h2-11,14-15H,12-13,16H2,1H3. The maximum Gasteiger partial charge on any atom is 0.175 e. The molecule has 3 aromatic carbocycles. The number of fused-ring (bicyclic) bond motifs is 1. The van der Waals surface area contributed by atoms with E-state index in [2.05, 4.69) is 11.0 Å². The van der Waals surface area contributed by atoms with Gasteiger partial charge in [-0.25, -0.2) is 8.42 Å². The van der Waals surface area contributed by atoms with Crippen molar-refractivity contribution in [1.29, 1.82) is 0 Å². The summed E-state index contributed by atoms with van der Waals surface area (Å²) in [6, 6.07) is 23.5. The van der Waals surface area contributed by atoms with Gasteiger partial charge in [0.1, 0.15) is 12.4 Å². The third kappa shape index (κ3) is 3.83. The van der Waals surface area contributed by atoms with E-state index in [1.165, 1.54) is 6.26 Å². The minimum Gasteiger partial charge on any atom is -0.489 e. The highest BCUT2D eigenvalue weighted by atomic mass is 32.2. The summed E-state index contributed by atoms with van der Waals surface area (Å²) in [5.74, 6) is 0.817. The van der Waals surface area contributed by atoms with E-state index in [1.807, 2.05) is 54.6 Å². The van der Waals surface area contributed by atoms with Gasteiger partial charge in [-0.1, -0.05) is 36.4 Å². The van der Waals surface area contributed by atoms with Gasteiger partial charge in [0, 0.05) is 30.2 Å². The van der Waals surface area contributed by atoms with Crippen LogP contribution in [0.3, 0.4) is 0 Å². The van der Waals surface area contributed by atoms with Gasteiger partial charge in [-0.3, -0.25) is 0 Å². The van der Waals surface area contributed by atoms with Crippen LogP contribution in [0.2, 0.25) is 0 Å². The predicted molar refractivity (Wildman–Crippen MR) is 107 cm³/mol. The van der Waals surface area contributed by atoms with Crippen molar-refractivity contribution in [3.63, 3.8) is 0 Å². The Balaban J connectivity index is 1.55. The fraction of sp³-hybridized carbons (Fsp3) is 0.182. The van der Waals surface area contributed by atoms with Gasteiger partial charge in [-0.05, 0) is 47.9 Å². The first-order chi connectivity index (χ1) is 13.0. The second-order valence-corrected chi connectivity index (χ2v) is 8.75. The average molecular weight is 379 g/mol. The molecule has 0 bridgehead atoms. The zero-order chi connectivity index (χ0) is 18.9. The fourth-order valence-corrected chi connectivity index (χ4v) is 4.03. The van der Waals surface area contributed by atoms with Crippen LogP contribution in [0.4, 0.5) is 11.4 Å². The third-order valence-electron chi connectivity index (χ3n) is 4.75. The highest BCUT2D eigenvalue weighted by Gasteiger charge is 2.22. The first-order valence-electron chi connectivity index (χ1n) is 8.88. The summed E-state index contributed by atoms with van der Waals surface area (Å²) in [7, 11) is -3.19. The van der Waals surface area contributed by atoms with Crippen LogP contribution in [0.15, 0.2) is 77.7 Å². The number of ether oxygens (including phenoxy) is 1. The second kappa shape index (κ2) is 7.08. The largest absolute Gasteiger partial charge is 0.489 e. The molecule has 138 valence electrons. The van der Waals surface area contributed by atoms with Gasteiger partial charge in [0.2, 0.25) is 0 Å². The summed E-state index contributed by atoms with van der Waals surface area (Å²) in [6.45, 7) is 1.35. The molecule has 0 amide bonds. The van der Waals surface area contributed by atoms with Crippen LogP contribution in [-0.4, -0.2) is 21.2 Å². The van der Waals surface area contributed by atoms with Gasteiger partial charge in [0.05, 0.1) is 4.90 Å². The molecule has 0 spiro atoms. The Labute approximate surface area is 159 Å². The fourth-order valence-electron chi connectivity index (χ4n) is 3.36. The number of hydrogen-bond acceptors (Lipinski definition) is 4. The smallest absolute Gasteiger partial charge is 0.175 e. The molecule has 0 aromatic heterocycles. The van der Waals surface area contributed by atoms with Crippen LogP contribution in [0.1, 0.15) is 11.1 Å². The number of rotatable bonds is 5. The molecule has 4 nitrogen and oxygen atoms in total. The molecular weight excluding hydrogens is 358 g/mol. The summed E-state index contributed by atoms with van der Waals surface area (Å²) < 4.78 is 29.5. The van der Waals surface area contributed by atoms with Crippen LogP contribution in [0.25, 0.3) is 0 Å². The number of sulfone groups is 1. The summed E-state index contributed by atoms with van der Waals surface area (Å²) in [4.78, 5) is 2.58. The van der Waals surface area contributed by atoms with E-state index in [1.54, 1.807) is 12.1 Å². The molecule has 27 heavy (non-hydrogen) atoms. The number of nitrogens with zero attached hydrogens (tertiary/aromatic N) is 1. The number of benzene rings is 3. The first-order valence-corrected chi connectivity index (χ1v) is 10.8. The summed E-state index contributed by atoms with van der Waals surface area (Å²) in [5, 5.41) is 0. The van der Waals surface area contributed by atoms with Crippen LogP contribution < -0.4 is 9.64 Å². The lowest BCUT2D eigenvalue weighted by Gasteiger charge is -2.20. The number of anilines is 2. The van der Waals surface area contributed by atoms with Crippen molar-refractivity contribution in [1.82, 2.24) is 0 Å². The van der Waals surface area contributed by atoms with Gasteiger partial charge in [-0.2, -0.15) is 0 Å². The molecule has 3 aromatic rings. The van der Waals surface area contributed by atoms with Crippen molar-refractivity contribution < 1.29 is 13.2 Å². The maximum absolute atomic E-state index is 11.8. The molecular formula is C22H21NO3S. The van der Waals surface area contributed by atoms with Gasteiger partial charge in [-0.15, -0.1) is 0 Å². The van der Waals surface area contributed by atoms with Crippen molar-refractivity contribution in [2.24, 2.45) is 0 Å². The van der Waals surface area contributed by atoms with E-state index < -0.39 is 9.84 Å². The van der Waals surface area contributed by atoms with Gasteiger partial charge < -0.3 is 9.64 Å². The molecule has 5 heteroatoms. The van der Waals surface area contributed by atoms with E-state index in [-0.39, 0.29) is 0 Å². The Kier molecular flexibility index (Phi) is 4.62. The summed E-state index contributed by atoms with van der Waals surface area (Å²) >= 11 is 0. The molecule has 4 rings (SSSR count). The highest BCUT2D eigenvalue weighted by Crippen LogP contribution is 2.37. The minimum atomic E-state index is -3.19. The Morgan fingerprint density at radius 1 is 0.963 bits per heavy atom. The SMILES string of the molecule is CS(=O)(=O)c1ccc2c(c1)CCN2c1cccc(OCc2ccccc2)c1. The third-order valence-corrected chi connectivity index (χ3v) is 5.86. The molecule has 0 unspecified atom stereocenters. The monoisotopic (exact) mass is 379 g/mol. The maximum atomic E-state index is 11.8. The topological polar surface area (TPSA) is 46.6 Å². The molecule has 0 aliphatic carbocycles. The molecule has 0 saturated carbocycles. The van der Waals surface area contributed by atoms with E-state index in [4.69, 9.17) is 4.74 Å². The molecule has 1 aliphatic rings. The molecule has 0 saturated heterocycles. The van der Waals surface area contributed by atoms with Crippen molar-refractivity contribution >= 4 is 21.2 Å². The van der Waals surface area contributed by atoms with E-state index in [0.29, 0.717) is 11.5 Å². The lowest BCUT2D eigenvalue weighted by Crippen LogP contribution is -2.13. The Morgan fingerprint density at radius 2 is 1.78 bits per heavy atom. The van der Waals surface area contributed by atoms with Crippen LogP contribution >= 0.6 is 0 Å². The van der Waals surface area contributed by atoms with E-state index >= 15 is 0 Å². The van der Waals surface area contributed by atoms with E-state index in [9.17, 15) is 8.42 Å². The molecule has 0 radical (unpaired) electrons. The van der Waals surface area contributed by atoms with Gasteiger partial charge in [0.15, 0.2) is 9.84 Å². The van der Waals surface area contributed by atoms with Crippen LogP contribution in [0, 0.1) is 0 Å². The van der Waals surface area contributed by atoms with Crippen LogP contribution in [0.5, 0.6) is 5.75 Å². The minimum absolute atomic E-state index is 0.378. The molecule has 0 N–H and O–H groups in total. The lowest BCUT2D eigenvalue weighted by molar-refractivity contribution is 0.306. The highest BCUT2D eigenvalue weighted by molar-refractivity contribution is 7.90. The lowest BCUT2D eigenvalue weighted by atomic mass is 10.2. The quantitative estimate of drug-likeness (QED) is 0.661. The molecule has 0 fully saturated rings. The Hall–Kier alpha value is -2.79. The van der Waals surface area contributed by atoms with Crippen molar-refractivity contribution in [2.75, 3.05) is 17.7 Å². The van der Waals surface area contributed by atoms with Crippen LogP contribution in [-0.2, 0) is 22.9 Å². The second-order valence-electron chi connectivity index (χ2n) is 6.74. The predicted octanol–water partition coefficient (Wildman–Crippen LogP) is 4.36. The zero-order valence-corrected chi connectivity index (χ0v) is 15.9. The Bertz CT molecular complexity index is 1060. The summed E-state index contributed by atoms with van der Waals surface area (Å²) in [6.07, 6.45) is 2.07. The van der Waals surface area contributed by atoms with Crippen molar-refractivity contribution in [3.05, 3.63) is 83.9 Å². The van der Waals surface area contributed by atoms with Crippen molar-refractivity contribution in [2.45, 2.75) is 17.9 Å². The van der Waals surface area contributed by atoms with E-state index in [0.717, 1.165) is 41.2 Å². The molecule has 1 aliphatic heterocycles. The molecule has 0 atom stereocenters. The van der Waals surface area contributed by atoms with Crippen molar-refractivity contribution in [3.8, 4) is 5.75 Å². The molecule has 1 heterocycles. The normalized spacial score (nSPS) is 13.4. The van der Waals surface area contributed by atoms with Gasteiger partial charge in [0.25, 0.3) is 0 Å². The summed E-state index contributed by atoms with van der Waals surface area (Å²) in [5.41, 5.74) is 4.30. The zero-order valence-electron chi connectivity index (χ0n) is 15.1. The van der Waals surface area contributed by atoms with Gasteiger partial charge >= 0.3 is 0 Å². The number of hydrogen-bond donors (Lipinski definition) is 0.